The summed E-state index contributed by atoms with van der Waals surface area (Å²) >= 11 is 0. The summed E-state index contributed by atoms with van der Waals surface area (Å²) in [5, 5.41) is 11.6. The molecule has 27 heavy (non-hydrogen) atoms. The van der Waals surface area contributed by atoms with E-state index in [1.165, 1.54) is 0 Å². The molecule has 1 aliphatic rings. The molecule has 1 aliphatic heterocycles. The second-order valence-corrected chi connectivity index (χ2v) is 6.66. The highest BCUT2D eigenvalue weighted by molar-refractivity contribution is 5.92. The maximum absolute atomic E-state index is 12.7. The molecule has 0 saturated carbocycles. The summed E-state index contributed by atoms with van der Waals surface area (Å²) in [6.07, 6.45) is 8.69. The van der Waals surface area contributed by atoms with Crippen molar-refractivity contribution >= 4 is 17.5 Å². The molecule has 4 heterocycles. The van der Waals surface area contributed by atoms with E-state index < -0.39 is 0 Å². The number of rotatable bonds is 4. The van der Waals surface area contributed by atoms with Gasteiger partial charge in [0.15, 0.2) is 11.6 Å². The number of pyridine rings is 1. The largest absolute Gasteiger partial charge is 0.354 e. The van der Waals surface area contributed by atoms with E-state index in [0.29, 0.717) is 18.2 Å². The van der Waals surface area contributed by atoms with Crippen LogP contribution in [0.15, 0.2) is 49.2 Å². The smallest absolute Gasteiger partial charge is 0.230 e. The molecule has 1 N–H and O–H groups in total. The Morgan fingerprint density at radius 2 is 2.04 bits per heavy atom. The van der Waals surface area contributed by atoms with E-state index in [9.17, 15) is 4.79 Å². The molecule has 3 aromatic heterocycles. The Morgan fingerprint density at radius 1 is 1.19 bits per heavy atom. The van der Waals surface area contributed by atoms with Crippen LogP contribution < -0.4 is 10.2 Å². The van der Waals surface area contributed by atoms with Crippen LogP contribution in [0.25, 0.3) is 5.82 Å². The molecular formula is C19H21N7O. The predicted molar refractivity (Wildman–Crippen MR) is 102 cm³/mol. The van der Waals surface area contributed by atoms with E-state index in [0.717, 1.165) is 30.8 Å². The summed E-state index contributed by atoms with van der Waals surface area (Å²) in [4.78, 5) is 23.1. The summed E-state index contributed by atoms with van der Waals surface area (Å²) < 4.78 is 1.80. The number of nitrogens with zero attached hydrogens (tertiary/aromatic N) is 6. The van der Waals surface area contributed by atoms with Crippen LogP contribution in [0.3, 0.4) is 0 Å². The van der Waals surface area contributed by atoms with Gasteiger partial charge in [-0.3, -0.25) is 9.36 Å². The van der Waals surface area contributed by atoms with Gasteiger partial charge in [-0.15, -0.1) is 10.2 Å². The van der Waals surface area contributed by atoms with Crippen LogP contribution in [-0.2, 0) is 4.79 Å². The van der Waals surface area contributed by atoms with Crippen molar-refractivity contribution in [1.82, 2.24) is 24.7 Å². The zero-order valence-corrected chi connectivity index (χ0v) is 15.1. The predicted octanol–water partition coefficient (Wildman–Crippen LogP) is 2.22. The van der Waals surface area contributed by atoms with Gasteiger partial charge in [-0.25, -0.2) is 9.97 Å². The molecule has 4 rings (SSSR count). The average molecular weight is 363 g/mol. The number of imidazole rings is 1. The average Bonchev–Trinajstić information content (AvgIpc) is 3.25. The first-order chi connectivity index (χ1) is 13.2. The van der Waals surface area contributed by atoms with Gasteiger partial charge in [0.05, 0.1) is 5.92 Å². The van der Waals surface area contributed by atoms with Gasteiger partial charge in [0.2, 0.25) is 5.91 Å². The maximum Gasteiger partial charge on any atom is 0.230 e. The molecule has 0 aromatic carbocycles. The van der Waals surface area contributed by atoms with Crippen LogP contribution in [0.5, 0.6) is 0 Å². The number of carbonyl (C=O) groups is 1. The molecule has 1 amide bonds. The fourth-order valence-electron chi connectivity index (χ4n) is 3.25. The third-order valence-corrected chi connectivity index (χ3v) is 4.77. The number of hydrogen-bond acceptors (Lipinski definition) is 6. The molecule has 1 atom stereocenters. The van der Waals surface area contributed by atoms with E-state index in [2.05, 4.69) is 30.4 Å². The first-order valence-electron chi connectivity index (χ1n) is 9.00. The summed E-state index contributed by atoms with van der Waals surface area (Å²) in [6, 6.07) is 7.64. The number of aryl methyl sites for hydroxylation is 1. The number of carbonyl (C=O) groups excluding carboxylic acids is 1. The maximum atomic E-state index is 12.7. The highest BCUT2D eigenvalue weighted by atomic mass is 16.2. The summed E-state index contributed by atoms with van der Waals surface area (Å²) in [5.74, 6) is 2.03. The van der Waals surface area contributed by atoms with Crippen LogP contribution >= 0.6 is 0 Å². The SMILES string of the molecule is Cc1cccnc1NC(=O)[C@H]1CCCN(c2ccc(-n3ccnc3)nn2)C1. The standard InChI is InChI=1S/C19H21N7O/c1-14-4-2-8-21-18(14)22-19(27)15-5-3-10-25(12-15)16-6-7-17(24-23-16)26-11-9-20-13-26/h2,4,6-9,11,13,15H,3,5,10,12H2,1H3,(H,21,22,27)/t15-/m0/s1. The molecule has 3 aromatic rings. The molecule has 138 valence electrons. The van der Waals surface area contributed by atoms with Gasteiger partial charge < -0.3 is 10.2 Å². The molecule has 0 unspecified atom stereocenters. The lowest BCUT2D eigenvalue weighted by Crippen LogP contribution is -2.41. The second-order valence-electron chi connectivity index (χ2n) is 6.66. The lowest BCUT2D eigenvalue weighted by Gasteiger charge is -2.32. The zero-order chi connectivity index (χ0) is 18.6. The van der Waals surface area contributed by atoms with Crippen LogP contribution in [0, 0.1) is 12.8 Å². The van der Waals surface area contributed by atoms with E-state index in [4.69, 9.17) is 0 Å². The molecule has 8 heteroatoms. The second kappa shape index (κ2) is 7.53. The minimum Gasteiger partial charge on any atom is -0.354 e. The van der Waals surface area contributed by atoms with Gasteiger partial charge in [-0.2, -0.15) is 0 Å². The lowest BCUT2D eigenvalue weighted by molar-refractivity contribution is -0.120. The Kier molecular flexibility index (Phi) is 4.78. The van der Waals surface area contributed by atoms with E-state index in [-0.39, 0.29) is 11.8 Å². The van der Waals surface area contributed by atoms with Crippen molar-refractivity contribution in [3.05, 3.63) is 54.7 Å². The van der Waals surface area contributed by atoms with Gasteiger partial charge >= 0.3 is 0 Å². The van der Waals surface area contributed by atoms with Gasteiger partial charge in [0, 0.05) is 31.7 Å². The third-order valence-electron chi connectivity index (χ3n) is 4.77. The van der Waals surface area contributed by atoms with E-state index in [1.807, 2.05) is 37.4 Å². The number of piperidine rings is 1. The molecule has 0 radical (unpaired) electrons. The Morgan fingerprint density at radius 3 is 2.78 bits per heavy atom. The highest BCUT2D eigenvalue weighted by Crippen LogP contribution is 2.23. The van der Waals surface area contributed by atoms with Gasteiger partial charge in [-0.05, 0) is 43.5 Å². The third kappa shape index (κ3) is 3.79. The van der Waals surface area contributed by atoms with Crippen molar-refractivity contribution in [2.24, 2.45) is 5.92 Å². The Hall–Kier alpha value is -3.29. The summed E-state index contributed by atoms with van der Waals surface area (Å²) in [6.45, 7) is 3.43. The van der Waals surface area contributed by atoms with Crippen LogP contribution in [0.2, 0.25) is 0 Å². The monoisotopic (exact) mass is 363 g/mol. The van der Waals surface area contributed by atoms with E-state index >= 15 is 0 Å². The molecule has 0 aliphatic carbocycles. The molecule has 0 bridgehead atoms. The topological polar surface area (TPSA) is 88.8 Å². The first kappa shape index (κ1) is 17.1. The van der Waals surface area contributed by atoms with Gasteiger partial charge in [0.1, 0.15) is 12.1 Å². The Balaban J connectivity index is 1.43. The van der Waals surface area contributed by atoms with Crippen molar-refractivity contribution < 1.29 is 4.79 Å². The fourth-order valence-corrected chi connectivity index (χ4v) is 3.25. The first-order valence-corrected chi connectivity index (χ1v) is 9.00. The number of nitrogens with one attached hydrogen (secondary N) is 1. The number of aromatic nitrogens is 5. The lowest BCUT2D eigenvalue weighted by atomic mass is 9.97. The molecule has 1 saturated heterocycles. The van der Waals surface area contributed by atoms with Crippen molar-refractivity contribution in [2.75, 3.05) is 23.3 Å². The minimum atomic E-state index is -0.102. The zero-order valence-electron chi connectivity index (χ0n) is 15.1. The molecule has 1 fully saturated rings. The van der Waals surface area contributed by atoms with Gasteiger partial charge in [0.25, 0.3) is 0 Å². The number of anilines is 2. The van der Waals surface area contributed by atoms with Crippen LogP contribution in [0.1, 0.15) is 18.4 Å². The van der Waals surface area contributed by atoms with Crippen LogP contribution in [0.4, 0.5) is 11.6 Å². The quantitative estimate of drug-likeness (QED) is 0.765. The van der Waals surface area contributed by atoms with Crippen molar-refractivity contribution in [1.29, 1.82) is 0 Å². The summed E-state index contributed by atoms with van der Waals surface area (Å²) in [5.41, 5.74) is 0.958. The van der Waals surface area contributed by atoms with Gasteiger partial charge in [-0.1, -0.05) is 6.07 Å². The Labute approximate surface area is 157 Å². The van der Waals surface area contributed by atoms with E-state index in [1.54, 1.807) is 23.3 Å². The number of amides is 1. The summed E-state index contributed by atoms with van der Waals surface area (Å²) in [7, 11) is 0. The molecule has 0 spiro atoms. The molecular weight excluding hydrogens is 342 g/mol. The fraction of sp³-hybridized carbons (Fsp3) is 0.316. The Bertz CT molecular complexity index is 908. The van der Waals surface area contributed by atoms with Crippen molar-refractivity contribution in [3.8, 4) is 5.82 Å². The number of hydrogen-bond donors (Lipinski definition) is 1. The van der Waals surface area contributed by atoms with Crippen molar-refractivity contribution in [2.45, 2.75) is 19.8 Å². The normalized spacial score (nSPS) is 16.9. The van der Waals surface area contributed by atoms with Crippen LogP contribution in [-0.4, -0.2) is 43.7 Å². The minimum absolute atomic E-state index is 0.00416. The highest BCUT2D eigenvalue weighted by Gasteiger charge is 2.27. The van der Waals surface area contributed by atoms with Crippen molar-refractivity contribution in [3.63, 3.8) is 0 Å². The molecule has 8 nitrogen and oxygen atoms in total.